The molecule has 1 heterocycles. The number of ether oxygens (including phenoxy) is 2. The third-order valence-corrected chi connectivity index (χ3v) is 3.09. The van der Waals surface area contributed by atoms with Crippen molar-refractivity contribution in [1.29, 1.82) is 0 Å². The van der Waals surface area contributed by atoms with Gasteiger partial charge in [-0.2, -0.15) is 0 Å². The maximum Gasteiger partial charge on any atom is 0.333 e. The number of hydrogen-bond donors (Lipinski definition) is 3. The van der Waals surface area contributed by atoms with E-state index in [1.165, 1.54) is 0 Å². The summed E-state index contributed by atoms with van der Waals surface area (Å²) in [5.74, 6) is -0.792. The lowest BCUT2D eigenvalue weighted by Gasteiger charge is -2.35. The molecule has 21 heavy (non-hydrogen) atoms. The molecule has 0 aromatic heterocycles. The molecule has 3 N–H and O–H groups in total. The van der Waals surface area contributed by atoms with Gasteiger partial charge in [-0.25, -0.2) is 4.79 Å². The first-order valence-electron chi connectivity index (χ1n) is 7.08. The van der Waals surface area contributed by atoms with E-state index >= 15 is 0 Å². The molecule has 1 aromatic carbocycles. The van der Waals surface area contributed by atoms with Gasteiger partial charge in [-0.05, 0) is 11.6 Å². The Morgan fingerprint density at radius 3 is 2.81 bits per heavy atom. The second-order valence-corrected chi connectivity index (χ2v) is 4.67. The molecule has 6 heteroatoms. The van der Waals surface area contributed by atoms with E-state index in [-0.39, 0.29) is 12.5 Å². The van der Waals surface area contributed by atoms with Crippen LogP contribution >= 0.6 is 0 Å². The molecule has 1 saturated heterocycles. The maximum absolute atomic E-state index is 11.8. The smallest absolute Gasteiger partial charge is 0.333 e. The van der Waals surface area contributed by atoms with Crippen LogP contribution in [0.3, 0.4) is 0 Å². The normalized spacial score (nSPS) is 30.6. The van der Waals surface area contributed by atoms with Crippen LogP contribution in [0.5, 0.6) is 0 Å². The van der Waals surface area contributed by atoms with Gasteiger partial charge < -0.3 is 24.8 Å². The topological polar surface area (TPSA) is 96.2 Å². The average Bonchev–Trinajstić information content (AvgIpc) is 2.51. The van der Waals surface area contributed by atoms with Crippen molar-refractivity contribution in [2.45, 2.75) is 31.0 Å². The van der Waals surface area contributed by atoms with Crippen LogP contribution < -0.4 is 0 Å². The molecule has 1 unspecified atom stereocenters. The molecule has 2 rings (SSSR count). The summed E-state index contributed by atoms with van der Waals surface area (Å²) in [5, 5.41) is 28.3. The number of carbonyl (C=O) groups excluding carboxylic acids is 1. The molecule has 1 aliphatic rings. The largest absolute Gasteiger partial charge is 0.432 e. The number of aliphatic hydroxyl groups is 3. The average molecular weight is 295 g/mol. The van der Waals surface area contributed by atoms with Gasteiger partial charge in [-0.3, -0.25) is 0 Å². The van der Waals surface area contributed by atoms with Crippen molar-refractivity contribution in [3.63, 3.8) is 0 Å². The third kappa shape index (κ3) is 4.37. The van der Waals surface area contributed by atoms with Crippen LogP contribution in [0.25, 0.3) is 6.05 Å². The summed E-state index contributed by atoms with van der Waals surface area (Å²) < 4.78 is 18.0. The minimum atomic E-state index is -1.23. The predicted molar refractivity (Wildman–Crippen MR) is 73.9 cm³/mol. The summed E-state index contributed by atoms with van der Waals surface area (Å²) in [6.07, 6.45) is -3.58. The zero-order valence-corrected chi connectivity index (χ0v) is 11.3. The first kappa shape index (κ1) is 14.2. The minimum Gasteiger partial charge on any atom is -0.432 e. The predicted octanol–water partition coefficient (Wildman–Crippen LogP) is 0.0721. The Hall–Kier alpha value is -1.73. The van der Waals surface area contributed by atoms with Crippen LogP contribution in [0, 0.1) is 0 Å². The highest BCUT2D eigenvalue weighted by Crippen LogP contribution is 2.21. The highest BCUT2D eigenvalue weighted by molar-refractivity contribution is 5.87. The van der Waals surface area contributed by atoms with Crippen LogP contribution in [0.2, 0.25) is 0 Å². The molecule has 4 atom stereocenters. The van der Waals surface area contributed by atoms with Gasteiger partial charge in [0.25, 0.3) is 0 Å². The van der Waals surface area contributed by atoms with Gasteiger partial charge in [-0.1, -0.05) is 30.3 Å². The molecule has 0 spiro atoms. The lowest BCUT2D eigenvalue weighted by Crippen LogP contribution is -2.50. The Labute approximate surface area is 123 Å². The van der Waals surface area contributed by atoms with Crippen LogP contribution in [0.4, 0.5) is 0 Å². The summed E-state index contributed by atoms with van der Waals surface area (Å²) in [7, 11) is 0. The lowest BCUT2D eigenvalue weighted by molar-refractivity contribution is -0.248. The van der Waals surface area contributed by atoms with Crippen molar-refractivity contribution in [3.05, 3.63) is 42.0 Å². The molecular weight excluding hydrogens is 276 g/mol. The number of aliphatic hydroxyl groups excluding tert-OH is 3. The molecule has 0 radical (unpaired) electrons. The molecule has 0 amide bonds. The first-order valence-corrected chi connectivity index (χ1v) is 6.58. The van der Waals surface area contributed by atoms with Crippen LogP contribution in [-0.4, -0.2) is 52.5 Å². The fraction of sp³-hybridized carbons (Fsp3) is 0.400. The lowest BCUT2D eigenvalue weighted by atomic mass is 10.0. The molecule has 0 bridgehead atoms. The van der Waals surface area contributed by atoms with E-state index in [0.717, 1.165) is 6.08 Å². The van der Waals surface area contributed by atoms with Gasteiger partial charge in [0.1, 0.15) is 12.2 Å². The molecule has 1 aromatic rings. The summed E-state index contributed by atoms with van der Waals surface area (Å²) in [6.45, 7) is -0.504. The maximum atomic E-state index is 11.8. The van der Waals surface area contributed by atoms with Crippen LogP contribution in [0.15, 0.2) is 36.4 Å². The Morgan fingerprint density at radius 2 is 2.14 bits per heavy atom. The van der Waals surface area contributed by atoms with Crippen molar-refractivity contribution in [3.8, 4) is 0 Å². The highest BCUT2D eigenvalue weighted by atomic mass is 16.7. The van der Waals surface area contributed by atoms with Crippen LogP contribution in [-0.2, 0) is 14.3 Å². The summed E-state index contributed by atoms with van der Waals surface area (Å²) in [5.41, 5.74) is 0.563. The van der Waals surface area contributed by atoms with E-state index in [2.05, 4.69) is 0 Å². The number of hydrogen-bond acceptors (Lipinski definition) is 6. The fourth-order valence-corrected chi connectivity index (χ4v) is 1.98. The van der Waals surface area contributed by atoms with Crippen molar-refractivity contribution in [2.24, 2.45) is 0 Å². The van der Waals surface area contributed by atoms with Gasteiger partial charge in [0.2, 0.25) is 6.29 Å². The molecule has 1 fully saturated rings. The van der Waals surface area contributed by atoms with Crippen LogP contribution in [0.1, 0.15) is 13.4 Å². The Balaban J connectivity index is 1.97. The quantitative estimate of drug-likeness (QED) is 0.537. The number of esters is 1. The number of carbonyl (C=O) groups is 1. The van der Waals surface area contributed by atoms with E-state index in [1.54, 1.807) is 30.3 Å². The molecule has 0 aliphatic carbocycles. The third-order valence-electron chi connectivity index (χ3n) is 3.09. The van der Waals surface area contributed by atoms with Gasteiger partial charge >= 0.3 is 5.97 Å². The van der Waals surface area contributed by atoms with E-state index in [9.17, 15) is 15.0 Å². The second kappa shape index (κ2) is 7.33. The number of benzene rings is 1. The molecule has 1 aliphatic heterocycles. The summed E-state index contributed by atoms with van der Waals surface area (Å²) >= 11 is 0. The summed E-state index contributed by atoms with van der Waals surface area (Å²) in [6, 6.07) is 8.65. The Bertz CT molecular complexity index is 532. The standard InChI is InChI=1S/C15H18O6/c16-9-12-15(19)11(17)8-14(20-12)21-13(18)7-6-10-4-2-1-3-5-10/h1-7,11-12,14-17,19H,8-9H2/b7-6-/t11-,12-,14?,15+/m1/s1/i6D. The van der Waals surface area contributed by atoms with E-state index < -0.39 is 37.2 Å². The molecule has 6 nitrogen and oxygen atoms in total. The fourth-order valence-electron chi connectivity index (χ4n) is 1.98. The van der Waals surface area contributed by atoms with E-state index in [0.29, 0.717) is 5.56 Å². The van der Waals surface area contributed by atoms with Crippen molar-refractivity contribution in [1.82, 2.24) is 0 Å². The zero-order chi connectivity index (χ0) is 16.1. The SMILES string of the molecule is [2H]/C(=C/C(=O)OC1C[C@@H](O)[C@H](O)[C@@H](CO)O1)c1ccccc1. The zero-order valence-electron chi connectivity index (χ0n) is 12.3. The van der Waals surface area contributed by atoms with Gasteiger partial charge in [0.05, 0.1) is 14.1 Å². The van der Waals surface area contributed by atoms with Crippen molar-refractivity contribution < 1.29 is 31.0 Å². The van der Waals surface area contributed by atoms with E-state index in [1.807, 2.05) is 0 Å². The summed E-state index contributed by atoms with van der Waals surface area (Å²) in [4.78, 5) is 11.8. The molecule has 0 saturated carbocycles. The number of rotatable bonds is 4. The van der Waals surface area contributed by atoms with Gasteiger partial charge in [0.15, 0.2) is 0 Å². The van der Waals surface area contributed by atoms with Crippen molar-refractivity contribution >= 4 is 12.0 Å². The van der Waals surface area contributed by atoms with Gasteiger partial charge in [0, 0.05) is 12.5 Å². The van der Waals surface area contributed by atoms with E-state index in [4.69, 9.17) is 16.0 Å². The monoisotopic (exact) mass is 295 g/mol. The first-order chi connectivity index (χ1) is 10.5. The molecule has 114 valence electrons. The minimum absolute atomic E-state index is 0.0132. The molecular formula is C15H18O6. The second-order valence-electron chi connectivity index (χ2n) is 4.67. The van der Waals surface area contributed by atoms with Gasteiger partial charge in [-0.15, -0.1) is 0 Å². The van der Waals surface area contributed by atoms with Crippen molar-refractivity contribution in [2.75, 3.05) is 6.61 Å². The Morgan fingerprint density at radius 1 is 1.43 bits per heavy atom. The highest BCUT2D eigenvalue weighted by Gasteiger charge is 2.37. The Kier molecular flexibility index (Phi) is 4.96.